The van der Waals surface area contributed by atoms with E-state index < -0.39 is 24.2 Å². The molecule has 0 amide bonds. The molecule has 0 radical (unpaired) electrons. The van der Waals surface area contributed by atoms with Gasteiger partial charge in [-0.3, -0.25) is 9.59 Å². The van der Waals surface area contributed by atoms with Crippen molar-refractivity contribution in [1.82, 2.24) is 0 Å². The number of hydrogen-bond donors (Lipinski definition) is 2. The van der Waals surface area contributed by atoms with Gasteiger partial charge in [-0.2, -0.15) is 0 Å². The standard InChI is InChI=1S/C20H36O5/c1-7-17-15(6)19(23)14(5)16(21)9-8-11(2)18(22)12(3)10-13(4)20(24)25-17/h11-15,17-19,22-23H,7-10H2,1-6H3. The van der Waals surface area contributed by atoms with E-state index in [1.807, 2.05) is 34.6 Å². The van der Waals surface area contributed by atoms with Gasteiger partial charge < -0.3 is 14.9 Å². The smallest absolute Gasteiger partial charge is 0.308 e. The van der Waals surface area contributed by atoms with Crippen LogP contribution in [0.15, 0.2) is 0 Å². The lowest BCUT2D eigenvalue weighted by atomic mass is 9.81. The number of rotatable bonds is 1. The third kappa shape index (κ3) is 5.78. The summed E-state index contributed by atoms with van der Waals surface area (Å²) in [7, 11) is 0. The second-order valence-electron chi connectivity index (χ2n) is 8.11. The van der Waals surface area contributed by atoms with Gasteiger partial charge in [-0.15, -0.1) is 0 Å². The van der Waals surface area contributed by atoms with Crippen LogP contribution in [0.3, 0.4) is 0 Å². The molecule has 8 atom stereocenters. The van der Waals surface area contributed by atoms with Crippen LogP contribution in [-0.2, 0) is 14.3 Å². The molecule has 0 aliphatic carbocycles. The van der Waals surface area contributed by atoms with Crippen molar-refractivity contribution in [3.8, 4) is 0 Å². The maximum atomic E-state index is 12.4. The second kappa shape index (κ2) is 9.67. The van der Waals surface area contributed by atoms with Crippen LogP contribution >= 0.6 is 0 Å². The zero-order valence-corrected chi connectivity index (χ0v) is 16.6. The third-order valence-corrected chi connectivity index (χ3v) is 5.95. The second-order valence-corrected chi connectivity index (χ2v) is 8.11. The molecule has 1 heterocycles. The lowest BCUT2D eigenvalue weighted by molar-refractivity contribution is -0.160. The van der Waals surface area contributed by atoms with E-state index in [0.29, 0.717) is 25.7 Å². The zero-order valence-electron chi connectivity index (χ0n) is 16.6. The lowest BCUT2D eigenvalue weighted by Gasteiger charge is -2.32. The Labute approximate surface area is 152 Å². The van der Waals surface area contributed by atoms with Crippen LogP contribution < -0.4 is 0 Å². The Morgan fingerprint density at radius 2 is 1.60 bits per heavy atom. The predicted octanol–water partition coefficient (Wildman–Crippen LogP) is 2.96. The van der Waals surface area contributed by atoms with Crippen molar-refractivity contribution in [2.75, 3.05) is 0 Å². The SMILES string of the molecule is CCC1OC(=O)C(C)CC(C)C(O)C(C)CCC(=O)C(C)C(O)C1C. The highest BCUT2D eigenvalue weighted by molar-refractivity contribution is 5.81. The van der Waals surface area contributed by atoms with E-state index >= 15 is 0 Å². The number of Topliss-reactive ketones (excluding diaryl/α,β-unsaturated/α-hetero) is 1. The topological polar surface area (TPSA) is 83.8 Å². The van der Waals surface area contributed by atoms with Gasteiger partial charge in [0.15, 0.2) is 0 Å². The highest BCUT2D eigenvalue weighted by Crippen LogP contribution is 2.28. The number of hydrogen-bond acceptors (Lipinski definition) is 5. The van der Waals surface area contributed by atoms with Crippen molar-refractivity contribution >= 4 is 11.8 Å². The molecule has 1 aliphatic heterocycles. The van der Waals surface area contributed by atoms with Crippen molar-refractivity contribution in [3.63, 3.8) is 0 Å². The molecule has 146 valence electrons. The van der Waals surface area contributed by atoms with E-state index in [-0.39, 0.29) is 35.4 Å². The average molecular weight is 357 g/mol. The van der Waals surface area contributed by atoms with Gasteiger partial charge in [-0.1, -0.05) is 41.5 Å². The first-order valence-corrected chi connectivity index (χ1v) is 9.69. The summed E-state index contributed by atoms with van der Waals surface area (Å²) >= 11 is 0. The highest BCUT2D eigenvalue weighted by Gasteiger charge is 2.35. The van der Waals surface area contributed by atoms with Crippen molar-refractivity contribution in [2.45, 2.75) is 85.5 Å². The van der Waals surface area contributed by atoms with Gasteiger partial charge in [0.25, 0.3) is 0 Å². The Balaban J connectivity index is 3.04. The van der Waals surface area contributed by atoms with Crippen LogP contribution in [0.4, 0.5) is 0 Å². The number of ether oxygens (including phenoxy) is 1. The Morgan fingerprint density at radius 1 is 1.00 bits per heavy atom. The van der Waals surface area contributed by atoms with E-state index in [1.165, 1.54) is 0 Å². The molecule has 1 rings (SSSR count). The number of aliphatic hydroxyl groups is 2. The summed E-state index contributed by atoms with van der Waals surface area (Å²) in [6, 6.07) is 0. The quantitative estimate of drug-likeness (QED) is 0.706. The summed E-state index contributed by atoms with van der Waals surface area (Å²) in [5.74, 6) is -1.50. The molecule has 0 aromatic heterocycles. The van der Waals surface area contributed by atoms with Crippen LogP contribution in [0.1, 0.15) is 67.2 Å². The predicted molar refractivity (Wildman–Crippen MR) is 96.9 cm³/mol. The van der Waals surface area contributed by atoms with Gasteiger partial charge in [-0.25, -0.2) is 0 Å². The highest BCUT2D eigenvalue weighted by atomic mass is 16.5. The minimum atomic E-state index is -0.845. The summed E-state index contributed by atoms with van der Waals surface area (Å²) in [4.78, 5) is 24.9. The maximum Gasteiger partial charge on any atom is 0.308 e. The van der Waals surface area contributed by atoms with Gasteiger partial charge in [0, 0.05) is 18.3 Å². The molecule has 8 unspecified atom stereocenters. The molecule has 0 aromatic carbocycles. The zero-order chi connectivity index (χ0) is 19.3. The monoisotopic (exact) mass is 356 g/mol. The maximum absolute atomic E-state index is 12.4. The number of carbonyl (C=O) groups is 2. The van der Waals surface area contributed by atoms with Gasteiger partial charge in [-0.05, 0) is 31.1 Å². The van der Waals surface area contributed by atoms with Crippen LogP contribution in [0.25, 0.3) is 0 Å². The largest absolute Gasteiger partial charge is 0.462 e. The lowest BCUT2D eigenvalue weighted by Crippen LogP contribution is -2.40. The minimum Gasteiger partial charge on any atom is -0.462 e. The number of esters is 1. The van der Waals surface area contributed by atoms with E-state index in [2.05, 4.69) is 0 Å². The minimum absolute atomic E-state index is 0.00217. The molecule has 0 spiro atoms. The summed E-state index contributed by atoms with van der Waals surface area (Å²) in [6.45, 7) is 11.2. The molecule has 0 bridgehead atoms. The van der Waals surface area contributed by atoms with Crippen LogP contribution in [0, 0.1) is 29.6 Å². The Morgan fingerprint density at radius 3 is 2.16 bits per heavy atom. The fourth-order valence-electron chi connectivity index (χ4n) is 3.82. The van der Waals surface area contributed by atoms with E-state index in [0.717, 1.165) is 0 Å². The van der Waals surface area contributed by atoms with Crippen LogP contribution in [0.2, 0.25) is 0 Å². The fourth-order valence-corrected chi connectivity index (χ4v) is 3.82. The van der Waals surface area contributed by atoms with Crippen molar-refractivity contribution in [1.29, 1.82) is 0 Å². The van der Waals surface area contributed by atoms with Crippen molar-refractivity contribution < 1.29 is 24.5 Å². The van der Waals surface area contributed by atoms with E-state index in [9.17, 15) is 19.8 Å². The van der Waals surface area contributed by atoms with Gasteiger partial charge in [0.05, 0.1) is 18.1 Å². The first-order valence-electron chi connectivity index (χ1n) is 9.69. The van der Waals surface area contributed by atoms with E-state index in [1.54, 1.807) is 6.92 Å². The first kappa shape index (κ1) is 22.1. The van der Waals surface area contributed by atoms with Crippen LogP contribution in [-0.4, -0.2) is 40.3 Å². The number of aliphatic hydroxyl groups excluding tert-OH is 2. The number of carbonyl (C=O) groups excluding carboxylic acids is 2. The summed E-state index contributed by atoms with van der Waals surface area (Å²) in [6.07, 6.45) is 0.250. The molecule has 1 saturated heterocycles. The number of ketones is 1. The summed E-state index contributed by atoms with van der Waals surface area (Å²) in [5, 5.41) is 21.1. The first-order chi connectivity index (χ1) is 11.6. The molecule has 0 aromatic rings. The molecule has 25 heavy (non-hydrogen) atoms. The Kier molecular flexibility index (Phi) is 8.55. The summed E-state index contributed by atoms with van der Waals surface area (Å²) in [5.41, 5.74) is 0. The Bertz CT molecular complexity index is 449. The molecule has 5 nitrogen and oxygen atoms in total. The molecule has 0 saturated carbocycles. The molecule has 1 fully saturated rings. The molecular formula is C20H36O5. The molecule has 2 N–H and O–H groups in total. The normalized spacial score (nSPS) is 42.6. The van der Waals surface area contributed by atoms with Crippen LogP contribution in [0.5, 0.6) is 0 Å². The van der Waals surface area contributed by atoms with Crippen molar-refractivity contribution in [3.05, 3.63) is 0 Å². The Hall–Kier alpha value is -0.940. The van der Waals surface area contributed by atoms with Gasteiger partial charge >= 0.3 is 5.97 Å². The third-order valence-electron chi connectivity index (χ3n) is 5.95. The summed E-state index contributed by atoms with van der Waals surface area (Å²) < 4.78 is 5.64. The molecule has 5 heteroatoms. The van der Waals surface area contributed by atoms with Gasteiger partial charge in [0.1, 0.15) is 11.9 Å². The number of cyclic esters (lactones) is 1. The average Bonchev–Trinajstić information content (AvgIpc) is 2.59. The van der Waals surface area contributed by atoms with E-state index in [4.69, 9.17) is 4.74 Å². The fraction of sp³-hybridized carbons (Fsp3) is 0.900. The van der Waals surface area contributed by atoms with Gasteiger partial charge in [0.2, 0.25) is 0 Å². The molecule has 1 aliphatic rings. The van der Waals surface area contributed by atoms with Crippen molar-refractivity contribution in [2.24, 2.45) is 29.6 Å². The molecular weight excluding hydrogens is 320 g/mol.